The van der Waals surface area contributed by atoms with E-state index in [4.69, 9.17) is 9.84 Å². The van der Waals surface area contributed by atoms with Crippen LogP contribution in [0.3, 0.4) is 0 Å². The lowest BCUT2D eigenvalue weighted by atomic mass is 10.1. The summed E-state index contributed by atoms with van der Waals surface area (Å²) in [6, 6.07) is 0. The average molecular weight is 346 g/mol. The van der Waals surface area contributed by atoms with E-state index in [1.165, 1.54) is 6.92 Å². The van der Waals surface area contributed by atoms with Crippen LogP contribution in [0, 0.1) is 0 Å². The Balaban J connectivity index is 2.42. The summed E-state index contributed by atoms with van der Waals surface area (Å²) in [4.78, 5) is 37.2. The van der Waals surface area contributed by atoms with E-state index in [9.17, 15) is 29.7 Å². The Bertz CT molecular complexity index is 712. The summed E-state index contributed by atoms with van der Waals surface area (Å²) in [5.41, 5.74) is -2.50. The van der Waals surface area contributed by atoms with Crippen LogP contribution in [-0.2, 0) is 14.3 Å². The predicted octanol–water partition coefficient (Wildman–Crippen LogP) is -3.26. The lowest BCUT2D eigenvalue weighted by Gasteiger charge is -2.18. The highest BCUT2D eigenvalue weighted by Crippen LogP contribution is 2.28. The van der Waals surface area contributed by atoms with Gasteiger partial charge >= 0.3 is 11.7 Å². The van der Waals surface area contributed by atoms with Crippen molar-refractivity contribution in [2.24, 2.45) is 0 Å². The molecule has 0 saturated carbocycles. The Kier molecular flexibility index (Phi) is 5.51. The van der Waals surface area contributed by atoms with E-state index in [1.54, 1.807) is 0 Å². The van der Waals surface area contributed by atoms with E-state index in [1.807, 2.05) is 4.98 Å². The number of aromatic nitrogens is 2. The number of hydrogen-bond acceptors (Lipinski definition) is 9. The van der Waals surface area contributed by atoms with E-state index in [0.29, 0.717) is 4.57 Å². The van der Waals surface area contributed by atoms with Gasteiger partial charge in [-0.2, -0.15) is 0 Å². The van der Waals surface area contributed by atoms with E-state index in [0.717, 1.165) is 6.20 Å². The lowest BCUT2D eigenvalue weighted by Crippen LogP contribution is -2.40. The van der Waals surface area contributed by atoms with Gasteiger partial charge < -0.3 is 29.9 Å². The molecule has 2 unspecified atom stereocenters. The monoisotopic (exact) mass is 346 g/mol. The fraction of sp³-hybridized carbons (Fsp3) is 0.615. The molecule has 24 heavy (non-hydrogen) atoms. The Labute approximate surface area is 134 Å². The largest absolute Gasteiger partial charge is 0.464 e. The second kappa shape index (κ2) is 7.23. The molecule has 0 amide bonds. The summed E-state index contributed by atoms with van der Waals surface area (Å²) in [5.74, 6) is -1.09. The quantitative estimate of drug-likeness (QED) is 0.343. The number of carbonyl (C=O) groups is 1. The fourth-order valence-electron chi connectivity index (χ4n) is 2.34. The second-order valence-electron chi connectivity index (χ2n) is 5.13. The normalized spacial score (nSPS) is 27.9. The van der Waals surface area contributed by atoms with Crippen molar-refractivity contribution in [2.45, 2.75) is 37.6 Å². The van der Waals surface area contributed by atoms with Gasteiger partial charge in [-0.15, -0.1) is 0 Å². The molecular formula is C13H18N2O9. The van der Waals surface area contributed by atoms with Crippen LogP contribution in [0.15, 0.2) is 15.8 Å². The third-order valence-electron chi connectivity index (χ3n) is 3.59. The number of carbonyl (C=O) groups excluding carboxylic acids is 1. The highest BCUT2D eigenvalue weighted by Gasteiger charge is 2.44. The number of rotatable bonds is 5. The van der Waals surface area contributed by atoms with Crippen LogP contribution >= 0.6 is 0 Å². The molecule has 2 heterocycles. The topological polar surface area (TPSA) is 171 Å². The van der Waals surface area contributed by atoms with Crippen LogP contribution < -0.4 is 11.2 Å². The number of hydrogen-bond donors (Lipinski definition) is 5. The fourth-order valence-corrected chi connectivity index (χ4v) is 2.34. The summed E-state index contributed by atoms with van der Waals surface area (Å²) in [7, 11) is 0. The number of aliphatic hydroxyl groups excluding tert-OH is 4. The maximum atomic E-state index is 11.9. The highest BCUT2D eigenvalue weighted by molar-refractivity contribution is 5.75. The van der Waals surface area contributed by atoms with Gasteiger partial charge in [0.05, 0.1) is 18.8 Å². The summed E-state index contributed by atoms with van der Waals surface area (Å²) < 4.78 is 10.5. The smallest absolute Gasteiger partial charge is 0.339 e. The number of H-pyrrole nitrogens is 1. The van der Waals surface area contributed by atoms with Crippen LogP contribution in [0.1, 0.15) is 24.8 Å². The molecule has 1 aliphatic rings. The maximum absolute atomic E-state index is 11.9. The molecule has 0 aromatic carbocycles. The molecule has 0 radical (unpaired) electrons. The first-order valence-electron chi connectivity index (χ1n) is 7.14. The number of nitrogens with one attached hydrogen (secondary N) is 1. The zero-order valence-corrected chi connectivity index (χ0v) is 12.7. The molecule has 5 N–H and O–H groups in total. The highest BCUT2D eigenvalue weighted by atomic mass is 16.6. The van der Waals surface area contributed by atoms with Gasteiger partial charge in [-0.3, -0.25) is 14.3 Å². The third-order valence-corrected chi connectivity index (χ3v) is 3.59. The van der Waals surface area contributed by atoms with E-state index < -0.39 is 60.0 Å². The molecule has 1 saturated heterocycles. The number of esters is 1. The molecule has 1 aliphatic heterocycles. The van der Waals surface area contributed by atoms with Crippen molar-refractivity contribution in [1.29, 1.82) is 0 Å². The van der Waals surface area contributed by atoms with E-state index >= 15 is 0 Å². The summed E-state index contributed by atoms with van der Waals surface area (Å²) >= 11 is 0. The van der Waals surface area contributed by atoms with Crippen LogP contribution in [0.4, 0.5) is 0 Å². The van der Waals surface area contributed by atoms with Crippen LogP contribution in [0.5, 0.6) is 0 Å². The first kappa shape index (κ1) is 18.3. The molecule has 5 atom stereocenters. The number of nitrogens with zero attached hydrogens (tertiary/aromatic N) is 1. The average Bonchev–Trinajstić information content (AvgIpc) is 2.82. The predicted molar refractivity (Wildman–Crippen MR) is 75.9 cm³/mol. The summed E-state index contributed by atoms with van der Waals surface area (Å²) in [6.07, 6.45) is -6.70. The maximum Gasteiger partial charge on any atom is 0.339 e. The molecule has 1 fully saturated rings. The first-order chi connectivity index (χ1) is 11.3. The SMILES string of the molecule is CCOC(=O)C(O)c1cn([C@@H]2O[C@H](CO)C(O)[C@@H]2O)c(=O)[nH]c1=O. The van der Waals surface area contributed by atoms with Crippen molar-refractivity contribution in [3.8, 4) is 0 Å². The van der Waals surface area contributed by atoms with Crippen molar-refractivity contribution in [1.82, 2.24) is 9.55 Å². The van der Waals surface area contributed by atoms with Crippen LogP contribution in [0.25, 0.3) is 0 Å². The molecule has 0 bridgehead atoms. The molecule has 1 aromatic heterocycles. The standard InChI is InChI=1S/C13H18N2O9/c1-2-23-12(21)7(17)5-3-15(13(22)14-10(5)20)11-9(19)8(18)6(4-16)24-11/h3,6-9,11,16-19H,2,4H2,1H3,(H,14,20,22)/t6-,7?,8?,9+,11-/m1/s1. The van der Waals surface area contributed by atoms with Gasteiger partial charge in [0.15, 0.2) is 12.3 Å². The Morgan fingerprint density at radius 2 is 2.08 bits per heavy atom. The Hall–Kier alpha value is -2.05. The Morgan fingerprint density at radius 1 is 1.42 bits per heavy atom. The summed E-state index contributed by atoms with van der Waals surface area (Å²) in [6.45, 7) is 0.877. The molecule has 11 heteroatoms. The minimum atomic E-state index is -1.95. The van der Waals surface area contributed by atoms with Crippen molar-refractivity contribution >= 4 is 5.97 Å². The van der Waals surface area contributed by atoms with Crippen molar-refractivity contribution in [2.75, 3.05) is 13.2 Å². The van der Waals surface area contributed by atoms with E-state index in [-0.39, 0.29) is 6.61 Å². The number of aliphatic hydroxyl groups is 4. The molecule has 134 valence electrons. The summed E-state index contributed by atoms with van der Waals surface area (Å²) in [5, 5.41) is 38.6. The third kappa shape index (κ3) is 3.25. The van der Waals surface area contributed by atoms with Crippen LogP contribution in [0.2, 0.25) is 0 Å². The van der Waals surface area contributed by atoms with Gasteiger partial charge in [0.25, 0.3) is 5.56 Å². The van der Waals surface area contributed by atoms with E-state index in [2.05, 4.69) is 4.74 Å². The van der Waals surface area contributed by atoms with Crippen molar-refractivity contribution in [3.05, 3.63) is 32.6 Å². The van der Waals surface area contributed by atoms with Gasteiger partial charge in [-0.25, -0.2) is 9.59 Å². The zero-order valence-electron chi connectivity index (χ0n) is 12.7. The molecule has 2 rings (SSSR count). The van der Waals surface area contributed by atoms with Gasteiger partial charge in [0.1, 0.15) is 18.3 Å². The van der Waals surface area contributed by atoms with Crippen LogP contribution in [-0.4, -0.2) is 67.5 Å². The minimum Gasteiger partial charge on any atom is -0.464 e. The zero-order chi connectivity index (χ0) is 18.0. The van der Waals surface area contributed by atoms with Gasteiger partial charge in [0, 0.05) is 6.20 Å². The molecule has 0 aliphatic carbocycles. The molecule has 11 nitrogen and oxygen atoms in total. The minimum absolute atomic E-state index is 0.0255. The van der Waals surface area contributed by atoms with Gasteiger partial charge in [-0.05, 0) is 6.92 Å². The Morgan fingerprint density at radius 3 is 2.62 bits per heavy atom. The van der Waals surface area contributed by atoms with Crippen molar-refractivity contribution < 1.29 is 34.7 Å². The lowest BCUT2D eigenvalue weighted by molar-refractivity contribution is -0.153. The van der Waals surface area contributed by atoms with Gasteiger partial charge in [-0.1, -0.05) is 0 Å². The van der Waals surface area contributed by atoms with Crippen molar-refractivity contribution in [3.63, 3.8) is 0 Å². The first-order valence-corrected chi connectivity index (χ1v) is 7.14. The molecular weight excluding hydrogens is 328 g/mol. The number of ether oxygens (including phenoxy) is 2. The molecule has 0 spiro atoms. The van der Waals surface area contributed by atoms with Gasteiger partial charge in [0.2, 0.25) is 0 Å². The second-order valence-corrected chi connectivity index (χ2v) is 5.13. The molecule has 1 aromatic rings. The number of aromatic amines is 1.